The average Bonchev–Trinajstić information content (AvgIpc) is 2.60. The van der Waals surface area contributed by atoms with Crippen molar-refractivity contribution in [2.75, 3.05) is 6.54 Å². The normalized spacial score (nSPS) is 32.1. The number of amidine groups is 1. The largest absolute Gasteiger partial charge is 0.409 e. The first kappa shape index (κ1) is 12.3. The Balaban J connectivity index is 2.23. The Bertz CT molecular complexity index is 218. The summed E-state index contributed by atoms with van der Waals surface area (Å²) in [5, 5.41) is 14.8. The highest BCUT2D eigenvalue weighted by Gasteiger charge is 2.30. The second-order valence-electron chi connectivity index (χ2n) is 4.51. The molecule has 88 valence electrons. The van der Waals surface area contributed by atoms with E-state index in [1.54, 1.807) is 0 Å². The van der Waals surface area contributed by atoms with Gasteiger partial charge in [-0.3, -0.25) is 0 Å². The number of nitrogens with two attached hydrogens (primary N) is 1. The maximum Gasteiger partial charge on any atom is 0.140 e. The van der Waals surface area contributed by atoms with Gasteiger partial charge in [0.05, 0.1) is 0 Å². The van der Waals surface area contributed by atoms with E-state index in [1.807, 2.05) is 0 Å². The molecule has 0 radical (unpaired) electrons. The van der Waals surface area contributed by atoms with Gasteiger partial charge >= 0.3 is 0 Å². The minimum atomic E-state index is 0.306. The lowest BCUT2D eigenvalue weighted by molar-refractivity contribution is 0.315. The summed E-state index contributed by atoms with van der Waals surface area (Å²) in [7, 11) is 0. The molecule has 0 spiro atoms. The van der Waals surface area contributed by atoms with Crippen LogP contribution in [0.25, 0.3) is 0 Å². The molecular formula is C11H23N3O. The van der Waals surface area contributed by atoms with Crippen molar-refractivity contribution in [1.82, 2.24) is 5.32 Å². The van der Waals surface area contributed by atoms with Crippen LogP contribution in [0, 0.1) is 11.8 Å². The summed E-state index contributed by atoms with van der Waals surface area (Å²) in [5.41, 5.74) is 5.41. The molecule has 0 amide bonds. The van der Waals surface area contributed by atoms with Crippen LogP contribution in [0.5, 0.6) is 0 Å². The van der Waals surface area contributed by atoms with E-state index in [2.05, 4.69) is 24.3 Å². The third-order valence-electron chi connectivity index (χ3n) is 3.67. The second kappa shape index (κ2) is 5.95. The van der Waals surface area contributed by atoms with Crippen LogP contribution in [0.15, 0.2) is 5.16 Å². The van der Waals surface area contributed by atoms with Crippen molar-refractivity contribution in [3.63, 3.8) is 0 Å². The Labute approximate surface area is 91.9 Å². The van der Waals surface area contributed by atoms with Gasteiger partial charge in [-0.15, -0.1) is 0 Å². The van der Waals surface area contributed by atoms with Gasteiger partial charge in [0.25, 0.3) is 0 Å². The Morgan fingerprint density at radius 2 is 2.27 bits per heavy atom. The van der Waals surface area contributed by atoms with E-state index in [9.17, 15) is 0 Å². The van der Waals surface area contributed by atoms with Crippen LogP contribution in [0.3, 0.4) is 0 Å². The quantitative estimate of drug-likeness (QED) is 0.281. The van der Waals surface area contributed by atoms with Crippen LogP contribution in [-0.4, -0.2) is 23.6 Å². The molecule has 4 N–H and O–H groups in total. The van der Waals surface area contributed by atoms with Crippen molar-refractivity contribution in [3.05, 3.63) is 0 Å². The molecule has 0 aromatic rings. The van der Waals surface area contributed by atoms with Gasteiger partial charge in [-0.2, -0.15) is 0 Å². The molecule has 1 rings (SSSR count). The SMILES string of the molecule is CCC1CCC(NCCC(N)=NO)C1C. The van der Waals surface area contributed by atoms with Gasteiger partial charge in [0.2, 0.25) is 0 Å². The van der Waals surface area contributed by atoms with Crippen molar-refractivity contribution in [2.45, 2.75) is 45.6 Å². The van der Waals surface area contributed by atoms with E-state index in [0.29, 0.717) is 18.3 Å². The number of nitrogens with one attached hydrogen (secondary N) is 1. The zero-order valence-corrected chi connectivity index (χ0v) is 9.74. The van der Waals surface area contributed by atoms with Crippen LogP contribution in [0.1, 0.15) is 39.5 Å². The van der Waals surface area contributed by atoms with Crippen LogP contribution in [0.2, 0.25) is 0 Å². The van der Waals surface area contributed by atoms with Gasteiger partial charge in [-0.05, 0) is 24.7 Å². The molecule has 1 aliphatic carbocycles. The monoisotopic (exact) mass is 213 g/mol. The maximum absolute atomic E-state index is 8.39. The Hall–Kier alpha value is -0.770. The maximum atomic E-state index is 8.39. The molecule has 3 atom stereocenters. The minimum Gasteiger partial charge on any atom is -0.409 e. The zero-order valence-electron chi connectivity index (χ0n) is 9.74. The van der Waals surface area contributed by atoms with Gasteiger partial charge in [-0.1, -0.05) is 25.4 Å². The number of hydrogen-bond donors (Lipinski definition) is 3. The van der Waals surface area contributed by atoms with E-state index in [4.69, 9.17) is 10.9 Å². The topological polar surface area (TPSA) is 70.6 Å². The standard InChI is InChI=1S/C11H23N3O/c1-3-9-4-5-10(8(9)2)13-7-6-11(12)14-15/h8-10,13,15H,3-7H2,1-2H3,(H2,12,14). The molecule has 15 heavy (non-hydrogen) atoms. The zero-order chi connectivity index (χ0) is 11.3. The van der Waals surface area contributed by atoms with Crippen molar-refractivity contribution in [3.8, 4) is 0 Å². The summed E-state index contributed by atoms with van der Waals surface area (Å²) in [6, 6.07) is 0.612. The summed E-state index contributed by atoms with van der Waals surface area (Å²) in [6.07, 6.45) is 4.49. The van der Waals surface area contributed by atoms with E-state index < -0.39 is 0 Å². The fourth-order valence-electron chi connectivity index (χ4n) is 2.55. The highest BCUT2D eigenvalue weighted by Crippen LogP contribution is 2.33. The van der Waals surface area contributed by atoms with Crippen molar-refractivity contribution < 1.29 is 5.21 Å². The Morgan fingerprint density at radius 3 is 2.80 bits per heavy atom. The van der Waals surface area contributed by atoms with Crippen molar-refractivity contribution >= 4 is 5.84 Å². The lowest BCUT2D eigenvalue weighted by Crippen LogP contribution is -2.35. The van der Waals surface area contributed by atoms with Gasteiger partial charge in [0.15, 0.2) is 0 Å². The number of rotatable bonds is 5. The predicted octanol–water partition coefficient (Wildman–Crippen LogP) is 1.54. The second-order valence-corrected chi connectivity index (χ2v) is 4.51. The van der Waals surface area contributed by atoms with Gasteiger partial charge < -0.3 is 16.3 Å². The molecule has 0 aliphatic heterocycles. The number of oxime groups is 1. The van der Waals surface area contributed by atoms with Crippen LogP contribution < -0.4 is 11.1 Å². The molecule has 4 heteroatoms. The summed E-state index contributed by atoms with van der Waals surface area (Å²) in [5.74, 6) is 1.92. The minimum absolute atomic E-state index is 0.306. The fourth-order valence-corrected chi connectivity index (χ4v) is 2.55. The van der Waals surface area contributed by atoms with E-state index in [0.717, 1.165) is 18.4 Å². The third kappa shape index (κ3) is 3.38. The number of nitrogens with zero attached hydrogens (tertiary/aromatic N) is 1. The molecule has 3 unspecified atom stereocenters. The summed E-state index contributed by atoms with van der Waals surface area (Å²) >= 11 is 0. The van der Waals surface area contributed by atoms with Gasteiger partial charge in [0.1, 0.15) is 5.84 Å². The predicted molar refractivity (Wildman–Crippen MR) is 62.0 cm³/mol. The van der Waals surface area contributed by atoms with E-state index >= 15 is 0 Å². The van der Waals surface area contributed by atoms with Crippen molar-refractivity contribution in [2.24, 2.45) is 22.7 Å². The molecule has 1 saturated carbocycles. The lowest BCUT2D eigenvalue weighted by Gasteiger charge is -2.20. The van der Waals surface area contributed by atoms with Crippen LogP contribution in [-0.2, 0) is 0 Å². The molecule has 1 aliphatic rings. The fraction of sp³-hybridized carbons (Fsp3) is 0.909. The Kier molecular flexibility index (Phi) is 4.88. The molecule has 0 saturated heterocycles. The molecule has 0 aromatic carbocycles. The van der Waals surface area contributed by atoms with Crippen LogP contribution >= 0.6 is 0 Å². The highest BCUT2D eigenvalue weighted by molar-refractivity contribution is 5.79. The summed E-state index contributed by atoms with van der Waals surface area (Å²) < 4.78 is 0. The van der Waals surface area contributed by atoms with Gasteiger partial charge in [0, 0.05) is 19.0 Å². The summed E-state index contributed by atoms with van der Waals surface area (Å²) in [6.45, 7) is 5.39. The summed E-state index contributed by atoms with van der Waals surface area (Å²) in [4.78, 5) is 0. The van der Waals surface area contributed by atoms with E-state index in [1.165, 1.54) is 19.3 Å². The molecule has 0 heterocycles. The van der Waals surface area contributed by atoms with E-state index in [-0.39, 0.29) is 0 Å². The lowest BCUT2D eigenvalue weighted by atomic mass is 9.93. The molecule has 0 bridgehead atoms. The first-order valence-corrected chi connectivity index (χ1v) is 5.88. The van der Waals surface area contributed by atoms with Crippen molar-refractivity contribution in [1.29, 1.82) is 0 Å². The smallest absolute Gasteiger partial charge is 0.140 e. The Morgan fingerprint density at radius 1 is 1.53 bits per heavy atom. The van der Waals surface area contributed by atoms with Crippen LogP contribution in [0.4, 0.5) is 0 Å². The molecule has 4 nitrogen and oxygen atoms in total. The first-order chi connectivity index (χ1) is 7.19. The third-order valence-corrected chi connectivity index (χ3v) is 3.67. The number of hydrogen-bond acceptors (Lipinski definition) is 3. The molecule has 1 fully saturated rings. The average molecular weight is 213 g/mol. The molecule has 0 aromatic heterocycles. The first-order valence-electron chi connectivity index (χ1n) is 5.88. The highest BCUT2D eigenvalue weighted by atomic mass is 16.4. The molecular weight excluding hydrogens is 190 g/mol. The van der Waals surface area contributed by atoms with Gasteiger partial charge in [-0.25, -0.2) is 0 Å².